The minimum absolute atomic E-state index is 0. The second kappa shape index (κ2) is 77.2. The molecule has 22 heteroatoms. The van der Waals surface area contributed by atoms with Crippen LogP contribution in [0.15, 0.2) is 0 Å². The van der Waals surface area contributed by atoms with Crippen molar-refractivity contribution in [2.75, 3.05) is 24.6 Å². The van der Waals surface area contributed by atoms with Crippen molar-refractivity contribution in [3.05, 3.63) is 0 Å². The van der Waals surface area contributed by atoms with Crippen LogP contribution in [0.25, 0.3) is 0 Å². The first kappa shape index (κ1) is 100. The molecule has 0 radical (unpaired) electrons. The summed E-state index contributed by atoms with van der Waals surface area (Å²) in [6.45, 7) is 8.90. The smallest absolute Gasteiger partial charge is 0.688 e. The molecule has 0 aromatic heterocycles. The van der Waals surface area contributed by atoms with E-state index in [9.17, 15) is 58.7 Å². The van der Waals surface area contributed by atoms with Crippen LogP contribution in [0.5, 0.6) is 0 Å². The first-order valence-corrected chi connectivity index (χ1v) is 35.2. The molecule has 0 aliphatic carbocycles. The molecule has 0 unspecified atom stereocenters. The van der Waals surface area contributed by atoms with Gasteiger partial charge in [0.05, 0.1) is 0 Å². The Bertz CT molecular complexity index is 803. The normalized spacial score (nSPS) is 11.0. The van der Waals surface area contributed by atoms with E-state index in [0.29, 0.717) is 25.7 Å². The monoisotopic (exact) mass is 1400 g/mol. The summed E-state index contributed by atoms with van der Waals surface area (Å²) in [6, 6.07) is 0. The summed E-state index contributed by atoms with van der Waals surface area (Å²) in [5, 5.41) is 0. The van der Waals surface area contributed by atoms with Crippen molar-refractivity contribution in [3.8, 4) is 0 Å². The van der Waals surface area contributed by atoms with E-state index >= 15 is 0 Å². The molecular weight excluding hydrogens is 1290 g/mol. The molecule has 0 heterocycles. The van der Waals surface area contributed by atoms with E-state index in [-0.39, 0.29) is 124 Å². The molecule has 0 aromatic rings. The fourth-order valence-corrected chi connectivity index (χ4v) is 10.3. The van der Waals surface area contributed by atoms with Crippen LogP contribution in [-0.4, -0.2) is 24.6 Å². The Hall–Kier alpha value is 4.20. The number of hydrogen-bond donors (Lipinski definition) is 0. The van der Waals surface area contributed by atoms with Gasteiger partial charge >= 0.3 is 98.9 Å². The first-order chi connectivity index (χ1) is 32.2. The standard InChI is InChI=1S/4C13H29O3P.6Ni/c4*1-2-3-4-5-6-7-8-9-10-11-12-13-17(14,15)16;;;;;;/h4*2-13H2,1H3,(H2,14,15,16);;;;;;/q;;;;6*+2/p-8. The van der Waals surface area contributed by atoms with E-state index in [1.807, 2.05) is 0 Å². The molecule has 0 N–H and O–H groups in total. The summed E-state index contributed by atoms with van der Waals surface area (Å²) in [5.41, 5.74) is 0. The second-order valence-corrected chi connectivity index (χ2v) is 26.2. The average molecular weight is 1400 g/mol. The van der Waals surface area contributed by atoms with Gasteiger partial charge in [-0.15, -0.1) is 0 Å². The van der Waals surface area contributed by atoms with Crippen molar-refractivity contribution in [2.45, 2.75) is 310 Å². The predicted molar refractivity (Wildman–Crippen MR) is 273 cm³/mol. The molecule has 74 heavy (non-hydrogen) atoms. The summed E-state index contributed by atoms with van der Waals surface area (Å²) in [7, 11) is -17.0. The summed E-state index contributed by atoms with van der Waals surface area (Å²) in [5.74, 6) is 0. The van der Waals surface area contributed by atoms with Gasteiger partial charge in [0.1, 0.15) is 0 Å². The molecule has 464 valence electrons. The molecule has 0 aliphatic heterocycles. The first-order valence-electron chi connectivity index (χ1n) is 28.3. The fourth-order valence-electron chi connectivity index (χ4n) is 7.88. The topological polar surface area (TPSA) is 277 Å². The minimum Gasteiger partial charge on any atom is -0.688 e. The van der Waals surface area contributed by atoms with Gasteiger partial charge in [-0.25, -0.2) is 0 Å². The zero-order valence-electron chi connectivity index (χ0n) is 46.5. The molecule has 0 bridgehead atoms. The van der Waals surface area contributed by atoms with Gasteiger partial charge in [-0.3, -0.25) is 0 Å². The molecule has 0 spiro atoms. The summed E-state index contributed by atoms with van der Waals surface area (Å²) < 4.78 is 0. The van der Waals surface area contributed by atoms with Crippen molar-refractivity contribution in [1.29, 1.82) is 0 Å². The average Bonchev–Trinajstić information content (AvgIpc) is 3.25. The molecule has 0 rings (SSSR count). The van der Waals surface area contributed by atoms with Crippen molar-refractivity contribution < 1.29 is 158 Å². The summed E-state index contributed by atoms with van der Waals surface area (Å²) >= 11 is 0. The maximum atomic E-state index is 10.4. The van der Waals surface area contributed by atoms with Crippen molar-refractivity contribution in [1.82, 2.24) is 0 Å². The van der Waals surface area contributed by atoms with Crippen LogP contribution in [0.3, 0.4) is 0 Å². The van der Waals surface area contributed by atoms with Crippen LogP contribution in [0.2, 0.25) is 0 Å². The van der Waals surface area contributed by atoms with Crippen molar-refractivity contribution in [3.63, 3.8) is 0 Å². The Kier molecular flexibility index (Phi) is 105. The summed E-state index contributed by atoms with van der Waals surface area (Å²) in [6.07, 6.45) is 50.9. The predicted octanol–water partition coefficient (Wildman–Crippen LogP) is 8.55. The third-order valence-electron chi connectivity index (χ3n) is 12.1. The molecule has 0 aliphatic rings. The van der Waals surface area contributed by atoms with E-state index in [2.05, 4.69) is 27.7 Å². The van der Waals surface area contributed by atoms with Crippen LogP contribution in [-0.2, 0) is 98.9 Å². The Morgan fingerprint density at radius 2 is 0.230 bits per heavy atom. The van der Waals surface area contributed by atoms with Gasteiger partial charge in [0.2, 0.25) is 0 Å². The summed E-state index contributed by atoms with van der Waals surface area (Å²) in [4.78, 5) is 124. The molecule has 0 saturated heterocycles. The molecule has 0 atom stereocenters. The molecular formula is C52H108Ni6O12P4+4. The quantitative estimate of drug-likeness (QED) is 0.0315. The Labute approximate surface area is 520 Å². The number of unbranched alkanes of at least 4 members (excludes halogenated alkanes) is 40. The van der Waals surface area contributed by atoms with Gasteiger partial charge in [-0.05, 0) is 51.4 Å². The van der Waals surface area contributed by atoms with Crippen molar-refractivity contribution >= 4 is 31.8 Å². The van der Waals surface area contributed by atoms with E-state index in [4.69, 9.17) is 0 Å². The van der Waals surface area contributed by atoms with Gasteiger partial charge in [0, 0.05) is 24.6 Å². The SMILES string of the molecule is CCCCCCCCCCCCC[P+]([O-])([O-])[O-].CCCCCCCCCCCCC[P+]([O-])([O-])[O-].CCCCCCCCCCCCC[P+]([O-])([O-])[O-].CCCCCCCCCCCCC[P+]([O-])([O-])[O-].[Ni+2].[Ni+2].[Ni+2].[Ni+2].[Ni+2].[Ni+2]. The van der Waals surface area contributed by atoms with Gasteiger partial charge < -0.3 is 58.7 Å². The maximum Gasteiger partial charge on any atom is 2.00 e. The number of hydrogen-bond acceptors (Lipinski definition) is 12. The van der Waals surface area contributed by atoms with Gasteiger partial charge in [-0.1, -0.05) is 259 Å². The van der Waals surface area contributed by atoms with E-state index in [1.54, 1.807) is 0 Å². The Balaban J connectivity index is -0.0000000898. The molecule has 12 nitrogen and oxygen atoms in total. The maximum absolute atomic E-state index is 10.4. The zero-order chi connectivity index (χ0) is 51.9. The second-order valence-electron chi connectivity index (χ2n) is 19.5. The van der Waals surface area contributed by atoms with Crippen molar-refractivity contribution in [2.24, 2.45) is 0 Å². The van der Waals surface area contributed by atoms with E-state index in [1.165, 1.54) is 205 Å². The van der Waals surface area contributed by atoms with E-state index < -0.39 is 31.8 Å². The van der Waals surface area contributed by atoms with Crippen LogP contribution in [0.4, 0.5) is 0 Å². The fraction of sp³-hybridized carbons (Fsp3) is 1.00. The minimum atomic E-state index is -4.24. The zero-order valence-corrected chi connectivity index (χ0v) is 56.0. The molecule has 0 amide bonds. The Morgan fingerprint density at radius 1 is 0.149 bits per heavy atom. The number of rotatable bonds is 48. The molecule has 0 fully saturated rings. The van der Waals surface area contributed by atoms with Crippen LogP contribution in [0.1, 0.15) is 310 Å². The van der Waals surface area contributed by atoms with Gasteiger partial charge in [-0.2, -0.15) is 31.8 Å². The van der Waals surface area contributed by atoms with Crippen LogP contribution < -0.4 is 58.7 Å². The largest absolute Gasteiger partial charge is 2.00 e. The molecule has 0 saturated carbocycles. The third kappa shape index (κ3) is 119. The van der Waals surface area contributed by atoms with E-state index in [0.717, 1.165) is 51.4 Å². The third-order valence-corrected chi connectivity index (χ3v) is 15.6. The van der Waals surface area contributed by atoms with Crippen LogP contribution in [0, 0.1) is 0 Å². The van der Waals surface area contributed by atoms with Gasteiger partial charge in [0.25, 0.3) is 0 Å². The Morgan fingerprint density at radius 3 is 0.311 bits per heavy atom. The van der Waals surface area contributed by atoms with Gasteiger partial charge in [0.15, 0.2) is 0 Å². The van der Waals surface area contributed by atoms with Crippen LogP contribution >= 0.6 is 31.8 Å². The molecule has 0 aromatic carbocycles.